The summed E-state index contributed by atoms with van der Waals surface area (Å²) < 4.78 is 0. The molecule has 10 aromatic rings. The number of rotatable bonds is 3. The molecule has 10 aromatic carbocycles. The first-order valence-corrected chi connectivity index (χ1v) is 20.7. The SMILES string of the molecule is CC1(C)c2ccc3ccccc3c2-c2c1cc(-c1ccc(-c3cc4c(c5ccccc35)-c3c(cc(-c5ccccc5)c5ccccc35)C4(C)C)cc1)c1ccccc21. The molecule has 0 aromatic heterocycles. The first-order chi connectivity index (χ1) is 28.3. The highest BCUT2D eigenvalue weighted by atomic mass is 14.4. The highest BCUT2D eigenvalue weighted by molar-refractivity contribution is 6.17. The molecule has 58 heavy (non-hydrogen) atoms. The standard InChI is InChI=1S/C58H42/c1-57(2)49-31-30-36-18-8-9-19-39(36)53(49)54-43-23-13-11-21-41(43)47(33-50(54)57)37-26-28-38(29-27-37)48-34-52-56(45-25-15-12-22-42(45)48)55-44-24-14-10-20-40(44)46(32-51(55)58(52,3)4)35-16-6-5-7-17-35/h5-34H,1-4H3. The van der Waals surface area contributed by atoms with Crippen LogP contribution < -0.4 is 0 Å². The molecule has 2 aliphatic rings. The fraction of sp³-hybridized carbons (Fsp3) is 0.103. The first kappa shape index (κ1) is 33.4. The minimum Gasteiger partial charge on any atom is -0.0622 e. The van der Waals surface area contributed by atoms with E-state index >= 15 is 0 Å². The molecule has 0 heteroatoms. The molecule has 0 saturated heterocycles. The van der Waals surface area contributed by atoms with Crippen LogP contribution in [-0.2, 0) is 10.8 Å². The second kappa shape index (κ2) is 11.9. The van der Waals surface area contributed by atoms with Gasteiger partial charge in [0.15, 0.2) is 0 Å². The summed E-state index contributed by atoms with van der Waals surface area (Å²) in [6.45, 7) is 9.64. The van der Waals surface area contributed by atoms with E-state index in [1.54, 1.807) is 0 Å². The van der Waals surface area contributed by atoms with Gasteiger partial charge in [-0.15, -0.1) is 0 Å². The second-order valence-corrected chi connectivity index (χ2v) is 17.6. The van der Waals surface area contributed by atoms with Crippen LogP contribution >= 0.6 is 0 Å². The fourth-order valence-corrected chi connectivity index (χ4v) is 10.9. The highest BCUT2D eigenvalue weighted by Crippen LogP contribution is 2.58. The van der Waals surface area contributed by atoms with Gasteiger partial charge in [0, 0.05) is 10.8 Å². The maximum absolute atomic E-state index is 2.51. The maximum Gasteiger partial charge on any atom is 0.0159 e. The van der Waals surface area contributed by atoms with Gasteiger partial charge >= 0.3 is 0 Å². The van der Waals surface area contributed by atoms with Crippen LogP contribution in [0.25, 0.3) is 98.7 Å². The molecule has 0 amide bonds. The molecule has 0 N–H and O–H groups in total. The van der Waals surface area contributed by atoms with Crippen molar-refractivity contribution in [3.05, 3.63) is 204 Å². The monoisotopic (exact) mass is 738 g/mol. The molecule has 0 radical (unpaired) electrons. The summed E-state index contributed by atoms with van der Waals surface area (Å²) in [7, 11) is 0. The summed E-state index contributed by atoms with van der Waals surface area (Å²) >= 11 is 0. The van der Waals surface area contributed by atoms with Gasteiger partial charge in [-0.25, -0.2) is 0 Å². The van der Waals surface area contributed by atoms with Crippen molar-refractivity contribution in [1.29, 1.82) is 0 Å². The van der Waals surface area contributed by atoms with Crippen LogP contribution in [-0.4, -0.2) is 0 Å². The Balaban J connectivity index is 1.03. The quantitative estimate of drug-likeness (QED) is 0.169. The van der Waals surface area contributed by atoms with Gasteiger partial charge in [-0.05, 0) is 139 Å². The highest BCUT2D eigenvalue weighted by Gasteiger charge is 2.40. The molecule has 0 heterocycles. The Bertz CT molecular complexity index is 3360. The van der Waals surface area contributed by atoms with Crippen molar-refractivity contribution in [3.63, 3.8) is 0 Å². The van der Waals surface area contributed by atoms with Crippen molar-refractivity contribution < 1.29 is 0 Å². The summed E-state index contributed by atoms with van der Waals surface area (Å²) in [6, 6.07) is 68.5. The first-order valence-electron chi connectivity index (χ1n) is 20.7. The minimum atomic E-state index is -0.185. The van der Waals surface area contributed by atoms with Gasteiger partial charge in [0.1, 0.15) is 0 Å². The molecular weight excluding hydrogens is 697 g/mol. The summed E-state index contributed by atoms with van der Waals surface area (Å²) in [5.41, 5.74) is 18.5. The molecule has 0 unspecified atom stereocenters. The van der Waals surface area contributed by atoms with E-state index < -0.39 is 0 Å². The van der Waals surface area contributed by atoms with E-state index in [0.717, 1.165) is 0 Å². The number of hydrogen-bond donors (Lipinski definition) is 0. The van der Waals surface area contributed by atoms with E-state index in [4.69, 9.17) is 0 Å². The Kier molecular flexibility index (Phi) is 6.84. The zero-order valence-corrected chi connectivity index (χ0v) is 33.3. The van der Waals surface area contributed by atoms with Crippen molar-refractivity contribution in [2.24, 2.45) is 0 Å². The van der Waals surface area contributed by atoms with E-state index in [0.29, 0.717) is 0 Å². The molecule has 12 rings (SSSR count). The Labute approximate surface area is 340 Å². The maximum atomic E-state index is 2.51. The lowest BCUT2D eigenvalue weighted by Crippen LogP contribution is -2.15. The van der Waals surface area contributed by atoms with Gasteiger partial charge in [0.2, 0.25) is 0 Å². The Morgan fingerprint density at radius 1 is 0.259 bits per heavy atom. The van der Waals surface area contributed by atoms with E-state index in [9.17, 15) is 0 Å². The zero-order valence-electron chi connectivity index (χ0n) is 33.3. The minimum absolute atomic E-state index is 0.117. The van der Waals surface area contributed by atoms with Crippen LogP contribution in [0.2, 0.25) is 0 Å². The van der Waals surface area contributed by atoms with Crippen molar-refractivity contribution in [3.8, 4) is 55.6 Å². The summed E-state index contributed by atoms with van der Waals surface area (Å²) in [5.74, 6) is 0. The average molecular weight is 739 g/mol. The number of fused-ring (bicyclic) bond motifs is 14. The van der Waals surface area contributed by atoms with Crippen molar-refractivity contribution in [2.45, 2.75) is 38.5 Å². The Morgan fingerprint density at radius 3 is 1.03 bits per heavy atom. The van der Waals surface area contributed by atoms with Crippen molar-refractivity contribution in [1.82, 2.24) is 0 Å². The van der Waals surface area contributed by atoms with Crippen LogP contribution in [0, 0.1) is 0 Å². The van der Waals surface area contributed by atoms with Gasteiger partial charge < -0.3 is 0 Å². The van der Waals surface area contributed by atoms with Gasteiger partial charge in [0.05, 0.1) is 0 Å². The third-order valence-corrected chi connectivity index (χ3v) is 13.8. The Hall–Kier alpha value is -6.76. The van der Waals surface area contributed by atoms with Gasteiger partial charge in [-0.2, -0.15) is 0 Å². The second-order valence-electron chi connectivity index (χ2n) is 17.6. The van der Waals surface area contributed by atoms with Gasteiger partial charge in [0.25, 0.3) is 0 Å². The normalized spacial score (nSPS) is 14.5. The summed E-state index contributed by atoms with van der Waals surface area (Å²) in [6.07, 6.45) is 0. The molecule has 2 aliphatic carbocycles. The Morgan fingerprint density at radius 2 is 0.586 bits per heavy atom. The summed E-state index contributed by atoms with van der Waals surface area (Å²) in [5, 5.41) is 10.5. The van der Waals surface area contributed by atoms with E-state index in [1.807, 2.05) is 0 Å². The molecule has 0 bridgehead atoms. The van der Waals surface area contributed by atoms with Crippen LogP contribution in [0.15, 0.2) is 182 Å². The lowest BCUT2D eigenvalue weighted by Gasteiger charge is -2.24. The molecule has 0 atom stereocenters. The molecular formula is C58H42. The van der Waals surface area contributed by atoms with Crippen LogP contribution in [0.1, 0.15) is 49.9 Å². The zero-order chi connectivity index (χ0) is 38.9. The molecule has 274 valence electrons. The fourth-order valence-electron chi connectivity index (χ4n) is 10.9. The third kappa shape index (κ3) is 4.46. The molecule has 0 fully saturated rings. The predicted molar refractivity (Wildman–Crippen MR) is 248 cm³/mol. The summed E-state index contributed by atoms with van der Waals surface area (Å²) in [4.78, 5) is 0. The van der Waals surface area contributed by atoms with Crippen molar-refractivity contribution in [2.75, 3.05) is 0 Å². The van der Waals surface area contributed by atoms with Gasteiger partial charge in [-0.1, -0.05) is 191 Å². The molecule has 0 nitrogen and oxygen atoms in total. The van der Waals surface area contributed by atoms with Gasteiger partial charge in [-0.3, -0.25) is 0 Å². The van der Waals surface area contributed by atoms with Crippen LogP contribution in [0.3, 0.4) is 0 Å². The smallest absolute Gasteiger partial charge is 0.0159 e. The average Bonchev–Trinajstić information content (AvgIpc) is 3.65. The van der Waals surface area contributed by atoms with E-state index in [-0.39, 0.29) is 10.8 Å². The molecule has 0 spiro atoms. The topological polar surface area (TPSA) is 0 Å². The van der Waals surface area contributed by atoms with Crippen molar-refractivity contribution >= 4 is 43.1 Å². The number of benzene rings is 10. The van der Waals surface area contributed by atoms with Crippen LogP contribution in [0.5, 0.6) is 0 Å². The third-order valence-electron chi connectivity index (χ3n) is 13.8. The van der Waals surface area contributed by atoms with E-state index in [2.05, 4.69) is 210 Å². The molecule has 0 saturated carbocycles. The lowest BCUT2D eigenvalue weighted by atomic mass is 9.79. The predicted octanol–water partition coefficient (Wildman–Crippen LogP) is 15.9. The lowest BCUT2D eigenvalue weighted by molar-refractivity contribution is 0.661. The largest absolute Gasteiger partial charge is 0.0622 e. The van der Waals surface area contributed by atoms with E-state index in [1.165, 1.54) is 121 Å². The number of hydrogen-bond acceptors (Lipinski definition) is 0. The molecule has 0 aliphatic heterocycles. The van der Waals surface area contributed by atoms with Crippen LogP contribution in [0.4, 0.5) is 0 Å².